The average Bonchev–Trinajstić information content (AvgIpc) is 2.93. The predicted molar refractivity (Wildman–Crippen MR) is 78.3 cm³/mol. The van der Waals surface area contributed by atoms with Crippen LogP contribution in [0.3, 0.4) is 0 Å². The van der Waals surface area contributed by atoms with E-state index in [0.717, 1.165) is 12.8 Å². The molecule has 0 aliphatic heterocycles. The van der Waals surface area contributed by atoms with Gasteiger partial charge in [-0.1, -0.05) is 51.1 Å². The zero-order chi connectivity index (χ0) is 14.6. The van der Waals surface area contributed by atoms with E-state index in [0.29, 0.717) is 0 Å². The average molecular weight is 271 g/mol. The van der Waals surface area contributed by atoms with Gasteiger partial charge >= 0.3 is 0 Å². The van der Waals surface area contributed by atoms with Gasteiger partial charge in [0.15, 0.2) is 5.78 Å². The Labute approximate surface area is 119 Å². The third kappa shape index (κ3) is 3.53. The number of rotatable bonds is 5. The second-order valence-electron chi connectivity index (χ2n) is 6.03. The van der Waals surface area contributed by atoms with Crippen molar-refractivity contribution in [2.24, 2.45) is 5.41 Å². The molecule has 0 fully saturated rings. The molecular formula is C16H21N3O. The number of aryl methyl sites for hydroxylation is 1. The second kappa shape index (κ2) is 5.99. The van der Waals surface area contributed by atoms with E-state index < -0.39 is 0 Å². The van der Waals surface area contributed by atoms with Crippen LogP contribution in [0.25, 0.3) is 0 Å². The molecule has 0 bridgehead atoms. The first-order chi connectivity index (χ1) is 9.48. The minimum atomic E-state index is -0.382. The Morgan fingerprint density at radius 1 is 1.25 bits per heavy atom. The number of nitrogens with zero attached hydrogens (tertiary/aromatic N) is 3. The lowest BCUT2D eigenvalue weighted by atomic mass is 9.84. The van der Waals surface area contributed by atoms with Crippen LogP contribution in [0, 0.1) is 5.41 Å². The van der Waals surface area contributed by atoms with E-state index in [4.69, 9.17) is 0 Å². The summed E-state index contributed by atoms with van der Waals surface area (Å²) in [6, 6.07) is 9.95. The maximum atomic E-state index is 12.6. The Kier molecular flexibility index (Phi) is 4.32. The van der Waals surface area contributed by atoms with Gasteiger partial charge in [0.1, 0.15) is 18.7 Å². The topological polar surface area (TPSA) is 47.8 Å². The van der Waals surface area contributed by atoms with Crippen LogP contribution in [-0.4, -0.2) is 20.5 Å². The lowest BCUT2D eigenvalue weighted by Gasteiger charge is -2.24. The molecule has 0 saturated heterocycles. The summed E-state index contributed by atoms with van der Waals surface area (Å²) in [4.78, 5) is 16.6. The van der Waals surface area contributed by atoms with Crippen molar-refractivity contribution < 1.29 is 4.79 Å². The van der Waals surface area contributed by atoms with E-state index in [1.807, 2.05) is 39.0 Å². The van der Waals surface area contributed by atoms with Crippen LogP contribution < -0.4 is 0 Å². The molecule has 1 unspecified atom stereocenters. The van der Waals surface area contributed by atoms with Gasteiger partial charge in [-0.05, 0) is 18.4 Å². The molecule has 20 heavy (non-hydrogen) atoms. The number of ketones is 1. The molecule has 1 heterocycles. The number of hydrogen-bond donors (Lipinski definition) is 0. The van der Waals surface area contributed by atoms with Crippen molar-refractivity contribution in [3.63, 3.8) is 0 Å². The van der Waals surface area contributed by atoms with Gasteiger partial charge in [0.2, 0.25) is 0 Å². The van der Waals surface area contributed by atoms with E-state index in [1.165, 1.54) is 11.9 Å². The highest BCUT2D eigenvalue weighted by Gasteiger charge is 2.31. The smallest absolute Gasteiger partial charge is 0.162 e. The number of carbonyl (C=O) groups excluding carboxylic acids is 1. The van der Waals surface area contributed by atoms with Crippen LogP contribution in [0.1, 0.15) is 38.8 Å². The largest absolute Gasteiger partial charge is 0.297 e. The highest BCUT2D eigenvalue weighted by Crippen LogP contribution is 2.26. The Morgan fingerprint density at radius 2 is 1.95 bits per heavy atom. The molecular weight excluding hydrogens is 250 g/mol. The number of hydrogen-bond acceptors (Lipinski definition) is 3. The van der Waals surface area contributed by atoms with Crippen molar-refractivity contribution in [3.05, 3.63) is 48.5 Å². The molecule has 0 aliphatic rings. The summed E-state index contributed by atoms with van der Waals surface area (Å²) in [6.07, 6.45) is 4.70. The molecule has 0 amide bonds. The predicted octanol–water partition coefficient (Wildman–Crippen LogP) is 3.07. The Hall–Kier alpha value is -1.97. The van der Waals surface area contributed by atoms with E-state index in [2.05, 4.69) is 22.2 Å². The van der Waals surface area contributed by atoms with Crippen molar-refractivity contribution in [1.82, 2.24) is 14.8 Å². The van der Waals surface area contributed by atoms with Gasteiger partial charge in [0.25, 0.3) is 0 Å². The SMILES string of the molecule is CC(C)(C)C(=O)C(CCc1ccccc1)n1cncn1. The van der Waals surface area contributed by atoms with Gasteiger partial charge in [0.05, 0.1) is 0 Å². The third-order valence-corrected chi connectivity index (χ3v) is 3.35. The number of Topliss-reactive ketones (excluding diaryl/α,β-unsaturated/α-hetero) is 1. The molecule has 2 rings (SSSR count). The summed E-state index contributed by atoms with van der Waals surface area (Å²) in [7, 11) is 0. The second-order valence-corrected chi connectivity index (χ2v) is 6.03. The van der Waals surface area contributed by atoms with Crippen LogP contribution >= 0.6 is 0 Å². The van der Waals surface area contributed by atoms with Gasteiger partial charge in [0, 0.05) is 5.41 Å². The zero-order valence-electron chi connectivity index (χ0n) is 12.3. The summed E-state index contributed by atoms with van der Waals surface area (Å²) >= 11 is 0. The van der Waals surface area contributed by atoms with Crippen molar-refractivity contribution in [2.45, 2.75) is 39.7 Å². The Balaban J connectivity index is 2.14. The van der Waals surface area contributed by atoms with Crippen molar-refractivity contribution in [3.8, 4) is 0 Å². The molecule has 1 aromatic carbocycles. The first kappa shape index (κ1) is 14.4. The molecule has 0 saturated carbocycles. The van der Waals surface area contributed by atoms with Crippen LogP contribution in [0.4, 0.5) is 0 Å². The van der Waals surface area contributed by atoms with Crippen molar-refractivity contribution in [2.75, 3.05) is 0 Å². The fourth-order valence-corrected chi connectivity index (χ4v) is 2.21. The van der Waals surface area contributed by atoms with Crippen LogP contribution in [-0.2, 0) is 11.2 Å². The zero-order valence-corrected chi connectivity index (χ0v) is 12.3. The highest BCUT2D eigenvalue weighted by molar-refractivity contribution is 5.87. The van der Waals surface area contributed by atoms with Gasteiger partial charge in [-0.15, -0.1) is 0 Å². The number of carbonyl (C=O) groups is 1. The van der Waals surface area contributed by atoms with E-state index >= 15 is 0 Å². The van der Waals surface area contributed by atoms with E-state index in [9.17, 15) is 4.79 Å². The summed E-state index contributed by atoms with van der Waals surface area (Å²) in [5.74, 6) is 0.193. The standard InChI is InChI=1S/C16H21N3O/c1-16(2,3)15(20)14(19-12-17-11-18-19)10-9-13-7-5-4-6-8-13/h4-8,11-12,14H,9-10H2,1-3H3. The quantitative estimate of drug-likeness (QED) is 0.839. The molecule has 106 valence electrons. The van der Waals surface area contributed by atoms with Gasteiger partial charge in [-0.2, -0.15) is 5.10 Å². The normalized spacial score (nSPS) is 13.2. The van der Waals surface area contributed by atoms with Gasteiger partial charge < -0.3 is 0 Å². The monoisotopic (exact) mass is 271 g/mol. The van der Waals surface area contributed by atoms with E-state index in [1.54, 1.807) is 11.0 Å². The molecule has 1 aromatic heterocycles. The lowest BCUT2D eigenvalue weighted by molar-refractivity contribution is -0.130. The highest BCUT2D eigenvalue weighted by atomic mass is 16.1. The summed E-state index contributed by atoms with van der Waals surface area (Å²) in [6.45, 7) is 5.84. The molecule has 0 radical (unpaired) electrons. The van der Waals surface area contributed by atoms with Crippen LogP contribution in [0.15, 0.2) is 43.0 Å². The summed E-state index contributed by atoms with van der Waals surface area (Å²) in [5.41, 5.74) is 0.854. The lowest BCUT2D eigenvalue weighted by Crippen LogP contribution is -2.31. The maximum Gasteiger partial charge on any atom is 0.162 e. The molecule has 4 heteroatoms. The molecule has 0 aliphatic carbocycles. The number of benzene rings is 1. The minimum absolute atomic E-state index is 0.193. The minimum Gasteiger partial charge on any atom is -0.297 e. The van der Waals surface area contributed by atoms with Crippen molar-refractivity contribution in [1.29, 1.82) is 0 Å². The molecule has 1 atom stereocenters. The molecule has 4 nitrogen and oxygen atoms in total. The third-order valence-electron chi connectivity index (χ3n) is 3.35. The first-order valence-corrected chi connectivity index (χ1v) is 6.91. The van der Waals surface area contributed by atoms with E-state index in [-0.39, 0.29) is 17.2 Å². The molecule has 0 N–H and O–H groups in total. The summed E-state index contributed by atoms with van der Waals surface area (Å²) in [5, 5.41) is 4.15. The van der Waals surface area contributed by atoms with Gasteiger partial charge in [-0.3, -0.25) is 4.79 Å². The molecule has 0 spiro atoms. The Bertz CT molecular complexity index is 541. The number of aromatic nitrogens is 3. The fourth-order valence-electron chi connectivity index (χ4n) is 2.21. The first-order valence-electron chi connectivity index (χ1n) is 6.91. The summed E-state index contributed by atoms with van der Waals surface area (Å²) < 4.78 is 1.68. The van der Waals surface area contributed by atoms with Crippen LogP contribution in [0.5, 0.6) is 0 Å². The molecule has 2 aromatic rings. The van der Waals surface area contributed by atoms with Crippen LogP contribution in [0.2, 0.25) is 0 Å². The fraction of sp³-hybridized carbons (Fsp3) is 0.438. The Morgan fingerprint density at radius 3 is 2.50 bits per heavy atom. The maximum absolute atomic E-state index is 12.6. The van der Waals surface area contributed by atoms with Crippen molar-refractivity contribution >= 4 is 5.78 Å². The van der Waals surface area contributed by atoms with Gasteiger partial charge in [-0.25, -0.2) is 9.67 Å².